The summed E-state index contributed by atoms with van der Waals surface area (Å²) in [4.78, 5) is 0. The van der Waals surface area contributed by atoms with Crippen LogP contribution in [0.2, 0.25) is 0 Å². The van der Waals surface area contributed by atoms with Crippen LogP contribution < -0.4 is 10.6 Å². The van der Waals surface area contributed by atoms with Gasteiger partial charge in [-0.3, -0.25) is 0 Å². The third-order valence-electron chi connectivity index (χ3n) is 3.42. The van der Waals surface area contributed by atoms with Crippen LogP contribution in [0.5, 0.6) is 0 Å². The highest BCUT2D eigenvalue weighted by molar-refractivity contribution is 4.77. The number of nitrogens with one attached hydrogen (secondary N) is 2. The van der Waals surface area contributed by atoms with E-state index in [-0.39, 0.29) is 0 Å². The Balaban J connectivity index is 2.08. The molecular formula is C14H30N2. The van der Waals surface area contributed by atoms with Crippen LogP contribution >= 0.6 is 0 Å². The van der Waals surface area contributed by atoms with E-state index in [4.69, 9.17) is 0 Å². The average molecular weight is 226 g/mol. The van der Waals surface area contributed by atoms with E-state index in [1.807, 2.05) is 0 Å². The predicted molar refractivity (Wildman–Crippen MR) is 71.8 cm³/mol. The standard InChI is InChI=1S/C14H30N2/c1-12(15-10-8-14(2,3)4)11-13-7-5-6-9-16-13/h12-13,15-16H,5-11H2,1-4H3. The van der Waals surface area contributed by atoms with Gasteiger partial charge in [0.1, 0.15) is 0 Å². The second kappa shape index (κ2) is 6.61. The van der Waals surface area contributed by atoms with Crippen LogP contribution in [-0.4, -0.2) is 25.2 Å². The second-order valence-electron chi connectivity index (χ2n) is 6.55. The van der Waals surface area contributed by atoms with Crippen molar-refractivity contribution in [2.24, 2.45) is 5.41 Å². The molecule has 2 N–H and O–H groups in total. The molecule has 0 amide bonds. The summed E-state index contributed by atoms with van der Waals surface area (Å²) in [6.07, 6.45) is 6.68. The summed E-state index contributed by atoms with van der Waals surface area (Å²) < 4.78 is 0. The maximum atomic E-state index is 3.65. The Morgan fingerprint density at radius 1 is 1.31 bits per heavy atom. The van der Waals surface area contributed by atoms with Crippen molar-refractivity contribution < 1.29 is 0 Å². The zero-order valence-corrected chi connectivity index (χ0v) is 11.6. The molecule has 1 saturated heterocycles. The normalized spacial score (nSPS) is 24.4. The molecule has 2 atom stereocenters. The van der Waals surface area contributed by atoms with Crippen LogP contribution in [0.1, 0.15) is 59.8 Å². The van der Waals surface area contributed by atoms with Crippen molar-refractivity contribution >= 4 is 0 Å². The number of hydrogen-bond acceptors (Lipinski definition) is 2. The molecule has 0 saturated carbocycles. The van der Waals surface area contributed by atoms with Gasteiger partial charge in [-0.05, 0) is 51.1 Å². The fourth-order valence-electron chi connectivity index (χ4n) is 2.33. The van der Waals surface area contributed by atoms with E-state index in [1.165, 1.54) is 38.6 Å². The summed E-state index contributed by atoms with van der Waals surface area (Å²) >= 11 is 0. The van der Waals surface area contributed by atoms with Gasteiger partial charge >= 0.3 is 0 Å². The zero-order valence-electron chi connectivity index (χ0n) is 11.6. The van der Waals surface area contributed by atoms with E-state index in [1.54, 1.807) is 0 Å². The van der Waals surface area contributed by atoms with Crippen molar-refractivity contribution in [1.82, 2.24) is 10.6 Å². The number of hydrogen-bond donors (Lipinski definition) is 2. The van der Waals surface area contributed by atoms with E-state index in [0.717, 1.165) is 12.6 Å². The van der Waals surface area contributed by atoms with Gasteiger partial charge in [0.25, 0.3) is 0 Å². The molecule has 1 aliphatic rings. The lowest BCUT2D eigenvalue weighted by atomic mass is 9.92. The molecular weight excluding hydrogens is 196 g/mol. The first kappa shape index (κ1) is 14.0. The summed E-state index contributed by atoms with van der Waals surface area (Å²) in [6, 6.07) is 1.41. The first-order chi connectivity index (χ1) is 7.47. The summed E-state index contributed by atoms with van der Waals surface area (Å²) in [5.41, 5.74) is 0.454. The minimum absolute atomic E-state index is 0.454. The smallest absolute Gasteiger partial charge is 0.00817 e. The lowest BCUT2D eigenvalue weighted by Gasteiger charge is -2.27. The molecule has 0 radical (unpaired) electrons. The summed E-state index contributed by atoms with van der Waals surface area (Å²) in [5, 5.41) is 7.26. The Kier molecular flexibility index (Phi) is 5.77. The van der Waals surface area contributed by atoms with Gasteiger partial charge in [0.15, 0.2) is 0 Å². The summed E-state index contributed by atoms with van der Waals surface area (Å²) in [5.74, 6) is 0. The lowest BCUT2D eigenvalue weighted by molar-refractivity contribution is 0.322. The molecule has 0 aliphatic carbocycles. The van der Waals surface area contributed by atoms with E-state index in [2.05, 4.69) is 38.3 Å². The molecule has 0 aromatic rings. The molecule has 0 aromatic heterocycles. The monoisotopic (exact) mass is 226 g/mol. The van der Waals surface area contributed by atoms with Crippen LogP contribution in [-0.2, 0) is 0 Å². The Labute approximate surface area is 102 Å². The highest BCUT2D eigenvalue weighted by Crippen LogP contribution is 2.17. The molecule has 1 fully saturated rings. The molecule has 1 rings (SSSR count). The average Bonchev–Trinajstić information content (AvgIpc) is 2.17. The third-order valence-corrected chi connectivity index (χ3v) is 3.42. The van der Waals surface area contributed by atoms with Gasteiger partial charge in [-0.25, -0.2) is 0 Å². The first-order valence-corrected chi connectivity index (χ1v) is 6.94. The quantitative estimate of drug-likeness (QED) is 0.753. The van der Waals surface area contributed by atoms with Crippen LogP contribution in [0.4, 0.5) is 0 Å². The number of piperidine rings is 1. The van der Waals surface area contributed by atoms with Crippen LogP contribution in [0.15, 0.2) is 0 Å². The van der Waals surface area contributed by atoms with Gasteiger partial charge in [0.2, 0.25) is 0 Å². The highest BCUT2D eigenvalue weighted by atomic mass is 15.0. The van der Waals surface area contributed by atoms with E-state index >= 15 is 0 Å². The fraction of sp³-hybridized carbons (Fsp3) is 1.00. The molecule has 0 aromatic carbocycles. The number of rotatable bonds is 5. The molecule has 2 nitrogen and oxygen atoms in total. The minimum Gasteiger partial charge on any atom is -0.314 e. The van der Waals surface area contributed by atoms with E-state index < -0.39 is 0 Å². The van der Waals surface area contributed by atoms with E-state index in [0.29, 0.717) is 11.5 Å². The molecule has 0 spiro atoms. The molecule has 96 valence electrons. The third kappa shape index (κ3) is 6.49. The van der Waals surface area contributed by atoms with Crippen molar-refractivity contribution in [1.29, 1.82) is 0 Å². The lowest BCUT2D eigenvalue weighted by Crippen LogP contribution is -2.40. The van der Waals surface area contributed by atoms with Gasteiger partial charge in [0.05, 0.1) is 0 Å². The molecule has 0 bridgehead atoms. The van der Waals surface area contributed by atoms with Crippen molar-refractivity contribution in [2.45, 2.75) is 71.9 Å². The second-order valence-corrected chi connectivity index (χ2v) is 6.55. The van der Waals surface area contributed by atoms with Crippen LogP contribution in [0, 0.1) is 5.41 Å². The molecule has 1 heterocycles. The van der Waals surface area contributed by atoms with Gasteiger partial charge in [-0.2, -0.15) is 0 Å². The minimum atomic E-state index is 0.454. The Morgan fingerprint density at radius 2 is 2.06 bits per heavy atom. The SMILES string of the molecule is CC(CC1CCCCN1)NCCC(C)(C)C. The Bertz CT molecular complexity index is 178. The first-order valence-electron chi connectivity index (χ1n) is 6.94. The topological polar surface area (TPSA) is 24.1 Å². The van der Waals surface area contributed by atoms with Gasteiger partial charge < -0.3 is 10.6 Å². The fourth-order valence-corrected chi connectivity index (χ4v) is 2.33. The van der Waals surface area contributed by atoms with E-state index in [9.17, 15) is 0 Å². The maximum absolute atomic E-state index is 3.65. The maximum Gasteiger partial charge on any atom is 0.00817 e. The van der Waals surface area contributed by atoms with Crippen LogP contribution in [0.3, 0.4) is 0 Å². The van der Waals surface area contributed by atoms with Crippen molar-refractivity contribution in [3.63, 3.8) is 0 Å². The molecule has 2 heteroatoms. The zero-order chi connectivity index (χ0) is 12.0. The molecule has 16 heavy (non-hydrogen) atoms. The Hall–Kier alpha value is -0.0800. The van der Waals surface area contributed by atoms with Crippen LogP contribution in [0.25, 0.3) is 0 Å². The molecule has 2 unspecified atom stereocenters. The Morgan fingerprint density at radius 3 is 2.62 bits per heavy atom. The van der Waals surface area contributed by atoms with Gasteiger partial charge in [-0.15, -0.1) is 0 Å². The van der Waals surface area contributed by atoms with Gasteiger partial charge in [-0.1, -0.05) is 27.2 Å². The van der Waals surface area contributed by atoms with Crippen molar-refractivity contribution in [3.8, 4) is 0 Å². The largest absolute Gasteiger partial charge is 0.314 e. The van der Waals surface area contributed by atoms with Crippen molar-refractivity contribution in [3.05, 3.63) is 0 Å². The van der Waals surface area contributed by atoms with Gasteiger partial charge in [0, 0.05) is 12.1 Å². The van der Waals surface area contributed by atoms with Crippen molar-refractivity contribution in [2.75, 3.05) is 13.1 Å². The summed E-state index contributed by atoms with van der Waals surface area (Å²) in [7, 11) is 0. The summed E-state index contributed by atoms with van der Waals surface area (Å²) in [6.45, 7) is 11.6. The predicted octanol–water partition coefficient (Wildman–Crippen LogP) is 2.93. The molecule has 1 aliphatic heterocycles. The highest BCUT2D eigenvalue weighted by Gasteiger charge is 2.16.